The van der Waals surface area contributed by atoms with Gasteiger partial charge in [-0.05, 0) is 111 Å². The van der Waals surface area contributed by atoms with Crippen molar-refractivity contribution in [3.63, 3.8) is 0 Å². The van der Waals surface area contributed by atoms with Gasteiger partial charge in [0.25, 0.3) is 23.6 Å². The van der Waals surface area contributed by atoms with E-state index in [0.717, 1.165) is 33.4 Å². The third-order valence-electron chi connectivity index (χ3n) is 9.89. The predicted molar refractivity (Wildman–Crippen MR) is 204 cm³/mol. The molecule has 5 aromatic carbocycles. The molecule has 0 radical (unpaired) electrons. The second-order valence-electron chi connectivity index (χ2n) is 14.3. The monoisotopic (exact) mass is 676 g/mol. The molecular weight excluding hydrogens is 636 g/mol. The molecule has 0 aromatic heterocycles. The molecule has 0 atom stereocenters. The first kappa shape index (κ1) is 33.5. The molecule has 8 heteroatoms. The van der Waals surface area contributed by atoms with Gasteiger partial charge in [-0.15, -0.1) is 0 Å². The van der Waals surface area contributed by atoms with Gasteiger partial charge in [-0.1, -0.05) is 77.9 Å². The Labute approximate surface area is 297 Å². The van der Waals surface area contributed by atoms with Gasteiger partial charge in [0.05, 0.1) is 33.6 Å². The second kappa shape index (κ2) is 12.4. The van der Waals surface area contributed by atoms with Crippen molar-refractivity contribution >= 4 is 46.4 Å². The van der Waals surface area contributed by atoms with Gasteiger partial charge in [-0.3, -0.25) is 19.2 Å². The number of hydrogen-bond acceptors (Lipinski definition) is 6. The first-order valence-electron chi connectivity index (χ1n) is 17.3. The number of carbonyl (C=O) groups is 4. The van der Waals surface area contributed by atoms with Gasteiger partial charge in [0, 0.05) is 11.4 Å². The minimum atomic E-state index is -0.415. The summed E-state index contributed by atoms with van der Waals surface area (Å²) < 4.78 is 0. The highest BCUT2D eigenvalue weighted by Gasteiger charge is 2.44. The van der Waals surface area contributed by atoms with Crippen LogP contribution in [0.25, 0.3) is 22.3 Å². The van der Waals surface area contributed by atoms with Crippen molar-refractivity contribution in [3.8, 4) is 22.3 Å². The van der Waals surface area contributed by atoms with E-state index in [9.17, 15) is 19.2 Å². The van der Waals surface area contributed by atoms with E-state index in [2.05, 4.69) is 0 Å². The molecule has 0 unspecified atom stereocenters. The lowest BCUT2D eigenvalue weighted by atomic mass is 9.82. The van der Waals surface area contributed by atoms with Gasteiger partial charge in [0.2, 0.25) is 0 Å². The van der Waals surface area contributed by atoms with Crippen molar-refractivity contribution in [2.24, 2.45) is 0 Å². The Morgan fingerprint density at radius 2 is 0.824 bits per heavy atom. The number of rotatable bonds is 7. The van der Waals surface area contributed by atoms with Crippen molar-refractivity contribution in [1.29, 1.82) is 0 Å². The number of amides is 4. The fourth-order valence-electron chi connectivity index (χ4n) is 7.39. The molecule has 0 saturated heterocycles. The van der Waals surface area contributed by atoms with E-state index in [0.29, 0.717) is 50.6 Å². The highest BCUT2D eigenvalue weighted by Crippen LogP contribution is 2.49. The Morgan fingerprint density at radius 3 is 1.25 bits per heavy atom. The quantitative estimate of drug-likeness (QED) is 0.131. The molecule has 7 rings (SSSR count). The summed E-state index contributed by atoms with van der Waals surface area (Å²) in [5.74, 6) is -2.14. The number of hydrogen-bond donors (Lipinski definition) is 2. The van der Waals surface area contributed by atoms with Crippen molar-refractivity contribution in [2.45, 2.75) is 59.3 Å². The number of carbonyl (C=O) groups excluding carboxylic acids is 4. The second-order valence-corrected chi connectivity index (χ2v) is 14.3. The molecule has 0 saturated carbocycles. The molecule has 8 nitrogen and oxygen atoms in total. The van der Waals surface area contributed by atoms with Crippen LogP contribution in [0.4, 0.5) is 22.7 Å². The van der Waals surface area contributed by atoms with Crippen LogP contribution in [-0.2, 0) is 0 Å². The Kier molecular flexibility index (Phi) is 8.13. The maximum atomic E-state index is 14.4. The molecule has 0 aliphatic carbocycles. The number of fused-ring (bicyclic) bond motifs is 2. The normalized spacial score (nSPS) is 14.1. The van der Waals surface area contributed by atoms with Crippen LogP contribution in [0.5, 0.6) is 0 Å². The fourth-order valence-corrected chi connectivity index (χ4v) is 7.39. The molecule has 2 heterocycles. The Bertz CT molecular complexity index is 2290. The van der Waals surface area contributed by atoms with Crippen molar-refractivity contribution in [2.75, 3.05) is 21.3 Å². The minimum Gasteiger partial charge on any atom is -0.399 e. The van der Waals surface area contributed by atoms with E-state index in [1.54, 1.807) is 48.5 Å². The predicted octanol–water partition coefficient (Wildman–Crippen LogP) is 9.16. The lowest BCUT2D eigenvalue weighted by molar-refractivity contribution is 0.0908. The fraction of sp³-hybridized carbons (Fsp3) is 0.209. The molecular formula is C43H40N4O4. The highest BCUT2D eigenvalue weighted by molar-refractivity contribution is 6.36. The lowest BCUT2D eigenvalue weighted by Gasteiger charge is -2.32. The van der Waals surface area contributed by atoms with Crippen LogP contribution < -0.4 is 21.3 Å². The van der Waals surface area contributed by atoms with Crippen molar-refractivity contribution in [3.05, 3.63) is 130 Å². The molecule has 4 N–H and O–H groups in total. The van der Waals surface area contributed by atoms with Crippen LogP contribution in [0.1, 0.15) is 117 Å². The van der Waals surface area contributed by atoms with Gasteiger partial charge in [0.15, 0.2) is 0 Å². The zero-order chi connectivity index (χ0) is 36.5. The maximum absolute atomic E-state index is 14.4. The molecule has 0 fully saturated rings. The average molecular weight is 677 g/mol. The summed E-state index contributed by atoms with van der Waals surface area (Å²) in [6.07, 6.45) is 0. The molecule has 0 spiro atoms. The van der Waals surface area contributed by atoms with E-state index in [-0.39, 0.29) is 17.8 Å². The molecule has 2 aliphatic heterocycles. The third kappa shape index (κ3) is 5.38. The van der Waals surface area contributed by atoms with E-state index in [1.807, 2.05) is 84.0 Å². The number of benzene rings is 5. The average Bonchev–Trinajstić information content (AvgIpc) is 3.50. The summed E-state index contributed by atoms with van der Waals surface area (Å²) >= 11 is 0. The van der Waals surface area contributed by atoms with E-state index in [4.69, 9.17) is 11.5 Å². The topological polar surface area (TPSA) is 127 Å². The molecule has 0 bridgehead atoms. The van der Waals surface area contributed by atoms with Crippen LogP contribution in [0.3, 0.4) is 0 Å². The summed E-state index contributed by atoms with van der Waals surface area (Å²) in [5, 5.41) is 0. The minimum absolute atomic E-state index is 0.167. The van der Waals surface area contributed by atoms with Gasteiger partial charge in [-0.2, -0.15) is 0 Å². The summed E-state index contributed by atoms with van der Waals surface area (Å²) in [4.78, 5) is 59.7. The van der Waals surface area contributed by atoms with Crippen LogP contribution in [0.2, 0.25) is 0 Å². The summed E-state index contributed by atoms with van der Waals surface area (Å²) in [6, 6.07) is 27.2. The molecule has 4 amide bonds. The van der Waals surface area contributed by atoms with E-state index >= 15 is 0 Å². The summed E-state index contributed by atoms with van der Waals surface area (Å²) in [5.41, 5.74) is 20.9. The maximum Gasteiger partial charge on any atom is 0.266 e. The summed E-state index contributed by atoms with van der Waals surface area (Å²) in [6.45, 7) is 12.0. The number of anilines is 4. The largest absolute Gasteiger partial charge is 0.399 e. The van der Waals surface area contributed by atoms with Crippen molar-refractivity contribution < 1.29 is 19.2 Å². The third-order valence-corrected chi connectivity index (χ3v) is 9.89. The lowest BCUT2D eigenvalue weighted by Crippen LogP contribution is -2.34. The number of nitrogens with two attached hydrogens (primary N) is 2. The zero-order valence-corrected chi connectivity index (χ0v) is 29.6. The SMILES string of the molecule is CC(C)c1cc(N2C(=O)c3ccc(-c4ccc(N)cc4)cc3C2=O)c(C(C)C)c(C(C)C)c1N1C(=O)c2ccc(-c3ccc(N)cc3)cc2C1=O. The van der Waals surface area contributed by atoms with Gasteiger partial charge in [0.1, 0.15) is 0 Å². The van der Waals surface area contributed by atoms with Gasteiger partial charge < -0.3 is 11.5 Å². The first-order chi connectivity index (χ1) is 24.3. The van der Waals surface area contributed by atoms with Crippen LogP contribution in [0.15, 0.2) is 91.0 Å². The standard InChI is InChI=1S/C43H40N4O4/c1-22(2)33-21-36(46-40(48)31-17-11-27(19-34(31)42(46)50)25-7-13-29(44)14-8-25)37(23(3)4)38(24(5)6)39(33)47-41(49)32-18-12-28(20-35(32)43(47)51)26-9-15-30(45)16-10-26/h7-24H,44-45H2,1-6H3. The number of nitrogens with zero attached hydrogens (tertiary/aromatic N) is 2. The summed E-state index contributed by atoms with van der Waals surface area (Å²) in [7, 11) is 0. The Morgan fingerprint density at radius 1 is 0.431 bits per heavy atom. The van der Waals surface area contributed by atoms with E-state index in [1.165, 1.54) is 9.80 Å². The first-order valence-corrected chi connectivity index (χ1v) is 17.3. The van der Waals surface area contributed by atoms with Gasteiger partial charge >= 0.3 is 0 Å². The number of imide groups is 2. The molecule has 51 heavy (non-hydrogen) atoms. The zero-order valence-electron chi connectivity index (χ0n) is 29.6. The smallest absolute Gasteiger partial charge is 0.266 e. The van der Waals surface area contributed by atoms with E-state index < -0.39 is 23.6 Å². The molecule has 256 valence electrons. The van der Waals surface area contributed by atoms with Gasteiger partial charge in [-0.25, -0.2) is 9.80 Å². The highest BCUT2D eigenvalue weighted by atomic mass is 16.2. The van der Waals surface area contributed by atoms with Crippen molar-refractivity contribution in [1.82, 2.24) is 0 Å². The van der Waals surface area contributed by atoms with Crippen LogP contribution in [-0.4, -0.2) is 23.6 Å². The molecule has 5 aromatic rings. The Hall–Kier alpha value is -6.02. The Balaban J connectivity index is 1.38. The van der Waals surface area contributed by atoms with Crippen LogP contribution in [0, 0.1) is 0 Å². The van der Waals surface area contributed by atoms with Crippen LogP contribution >= 0.6 is 0 Å². The molecule has 2 aliphatic rings. The number of nitrogen functional groups attached to an aromatic ring is 2.